The van der Waals surface area contributed by atoms with Crippen LogP contribution in [0.3, 0.4) is 0 Å². The maximum atomic E-state index is 2.39. The van der Waals surface area contributed by atoms with Gasteiger partial charge in [0.2, 0.25) is 0 Å². The van der Waals surface area contributed by atoms with Crippen LogP contribution in [0.25, 0.3) is 0 Å². The zero-order valence-electron chi connectivity index (χ0n) is 9.98. The second kappa shape index (κ2) is 3.70. The van der Waals surface area contributed by atoms with E-state index < -0.39 is 0 Å². The highest BCUT2D eigenvalue weighted by Crippen LogP contribution is 2.27. The summed E-state index contributed by atoms with van der Waals surface area (Å²) in [6.45, 7) is 0.639. The fraction of sp³-hybridized carbons (Fsp3) is 0. The molecule has 0 saturated heterocycles. The lowest BCUT2D eigenvalue weighted by Crippen LogP contribution is -2.64. The van der Waals surface area contributed by atoms with Crippen LogP contribution < -0.4 is 10.3 Å². The molecule has 0 bridgehead atoms. The molecule has 0 aromatic heterocycles. The van der Waals surface area contributed by atoms with Crippen LogP contribution in [0.2, 0.25) is 0 Å². The Balaban J connectivity index is 1.93. The quantitative estimate of drug-likeness (QED) is 0.626. The van der Waals surface area contributed by atoms with Crippen molar-refractivity contribution in [3.8, 4) is 0 Å². The Bertz CT molecular complexity index is 551. The molecule has 4 rings (SSSR count). The van der Waals surface area contributed by atoms with E-state index in [1.807, 2.05) is 0 Å². The first kappa shape index (κ1) is 9.89. The summed E-state index contributed by atoms with van der Waals surface area (Å²) in [5.41, 5.74) is 2.68. The van der Waals surface area contributed by atoms with Gasteiger partial charge in [0.05, 0.1) is 0 Å². The first-order valence-corrected chi connectivity index (χ1v) is 6.30. The molecule has 18 heavy (non-hydrogen) atoms. The van der Waals surface area contributed by atoms with Crippen molar-refractivity contribution in [1.29, 1.82) is 0 Å². The van der Waals surface area contributed by atoms with Gasteiger partial charge in [-0.2, -0.15) is 0 Å². The Labute approximate surface area is 108 Å². The summed E-state index contributed by atoms with van der Waals surface area (Å²) in [4.78, 5) is 2.33. The Kier molecular flexibility index (Phi) is 2.04. The molecule has 0 fully saturated rings. The van der Waals surface area contributed by atoms with E-state index in [0.29, 0.717) is 6.85 Å². The Hall–Kier alpha value is -2.09. The summed E-state index contributed by atoms with van der Waals surface area (Å²) in [5, 5.41) is 0. The van der Waals surface area contributed by atoms with E-state index in [-0.39, 0.29) is 6.98 Å². The lowest BCUT2D eigenvalue weighted by molar-refractivity contribution is 0.878. The van der Waals surface area contributed by atoms with E-state index in [2.05, 4.69) is 82.5 Å². The maximum Gasteiger partial charge on any atom is 0.395 e. The zero-order valence-corrected chi connectivity index (χ0v) is 9.98. The number of nitrogens with zero attached hydrogens (tertiary/aromatic N) is 2. The molecule has 0 saturated carbocycles. The van der Waals surface area contributed by atoms with Crippen molar-refractivity contribution in [2.24, 2.45) is 0 Å². The van der Waals surface area contributed by atoms with Gasteiger partial charge >= 0.3 is 13.8 Å². The van der Waals surface area contributed by atoms with Crippen molar-refractivity contribution in [1.82, 2.24) is 4.72 Å². The number of allylic oxidation sites excluding steroid dienone is 4. The predicted molar refractivity (Wildman–Crippen MR) is 78.5 cm³/mol. The third-order valence-electron chi connectivity index (χ3n) is 3.75. The first-order chi connectivity index (χ1) is 8.95. The number of anilines is 1. The second-order valence-corrected chi connectivity index (χ2v) is 4.72. The predicted octanol–water partition coefficient (Wildman–Crippen LogP) is 1.74. The van der Waals surface area contributed by atoms with Gasteiger partial charge in [-0.15, -0.1) is 0 Å². The van der Waals surface area contributed by atoms with Crippen LogP contribution in [0, 0.1) is 0 Å². The van der Waals surface area contributed by atoms with Gasteiger partial charge in [-0.25, -0.2) is 0 Å². The van der Waals surface area contributed by atoms with Crippen LogP contribution in [-0.4, -0.2) is 18.6 Å². The Morgan fingerprint density at radius 3 is 2.67 bits per heavy atom. The van der Waals surface area contributed by atoms with Gasteiger partial charge in [0.1, 0.15) is 0 Å². The number of rotatable bonds is 0. The van der Waals surface area contributed by atoms with Gasteiger partial charge < -0.3 is 9.53 Å². The largest absolute Gasteiger partial charge is 0.437 e. The third kappa shape index (κ3) is 1.26. The summed E-state index contributed by atoms with van der Waals surface area (Å²) in [6, 6.07) is 8.65. The van der Waals surface area contributed by atoms with Crippen molar-refractivity contribution < 1.29 is 0 Å². The molecule has 0 amide bonds. The van der Waals surface area contributed by atoms with Gasteiger partial charge in [0, 0.05) is 5.69 Å². The first-order valence-electron chi connectivity index (χ1n) is 6.30. The van der Waals surface area contributed by atoms with E-state index >= 15 is 0 Å². The maximum absolute atomic E-state index is 2.39. The van der Waals surface area contributed by atoms with Crippen LogP contribution in [0.1, 0.15) is 0 Å². The molecule has 0 unspecified atom stereocenters. The highest BCUT2D eigenvalue weighted by atomic mass is 15.2. The fourth-order valence-corrected chi connectivity index (χ4v) is 2.95. The molecule has 2 nitrogen and oxygen atoms in total. The van der Waals surface area contributed by atoms with Crippen LogP contribution >= 0.6 is 0 Å². The van der Waals surface area contributed by atoms with Crippen LogP contribution in [0.4, 0.5) is 5.69 Å². The second-order valence-electron chi connectivity index (χ2n) is 4.72. The standard InChI is InChI=1S/C14H12B2N2/c1-2-8-14-13(7-1)15-9-3-6-12-18(15)16-10-4-5-11-17(14)16/h1-12H. The summed E-state index contributed by atoms with van der Waals surface area (Å²) in [5.74, 6) is 4.51. The third-order valence-corrected chi connectivity index (χ3v) is 3.75. The van der Waals surface area contributed by atoms with E-state index in [4.69, 9.17) is 0 Å². The van der Waals surface area contributed by atoms with Crippen LogP contribution in [0.5, 0.6) is 0 Å². The molecule has 3 heterocycles. The normalized spacial score (nSPS) is 18.9. The molecular formula is C14H12B2N2. The fourth-order valence-electron chi connectivity index (χ4n) is 2.95. The molecule has 0 spiro atoms. The van der Waals surface area contributed by atoms with E-state index in [0.717, 1.165) is 0 Å². The number of para-hydroxylation sites is 1. The van der Waals surface area contributed by atoms with Crippen molar-refractivity contribution in [2.75, 3.05) is 4.81 Å². The molecule has 4 heteroatoms. The summed E-state index contributed by atoms with van der Waals surface area (Å²) in [6.07, 6.45) is 12.8. The average molecular weight is 230 g/mol. The van der Waals surface area contributed by atoms with Crippen LogP contribution in [0.15, 0.2) is 72.9 Å². The minimum Gasteiger partial charge on any atom is -0.437 e. The van der Waals surface area contributed by atoms with E-state index in [9.17, 15) is 0 Å². The summed E-state index contributed by atoms with van der Waals surface area (Å²) < 4.78 is 2.39. The van der Waals surface area contributed by atoms with Crippen molar-refractivity contribution >= 4 is 25.0 Å². The lowest BCUT2D eigenvalue weighted by Gasteiger charge is -2.45. The van der Waals surface area contributed by atoms with Gasteiger partial charge in [-0.1, -0.05) is 42.3 Å². The molecule has 1 aromatic rings. The molecule has 84 valence electrons. The Morgan fingerprint density at radius 1 is 0.833 bits per heavy atom. The number of hydrogen-bond acceptors (Lipinski definition) is 2. The number of fused-ring (bicyclic) bond motifs is 6. The highest BCUT2D eigenvalue weighted by Gasteiger charge is 2.41. The average Bonchev–Trinajstić information content (AvgIpc) is 2.48. The molecule has 1 aromatic carbocycles. The molecule has 0 radical (unpaired) electrons. The van der Waals surface area contributed by atoms with Crippen molar-refractivity contribution in [2.45, 2.75) is 0 Å². The minimum atomic E-state index is 0.288. The summed E-state index contributed by atoms with van der Waals surface area (Å²) in [7, 11) is 0. The molecule has 0 atom stereocenters. The molecule has 0 N–H and O–H groups in total. The smallest absolute Gasteiger partial charge is 0.395 e. The van der Waals surface area contributed by atoms with Gasteiger partial charge in [0.15, 0.2) is 0 Å². The van der Waals surface area contributed by atoms with Crippen LogP contribution in [-0.2, 0) is 0 Å². The molecule has 3 aliphatic rings. The van der Waals surface area contributed by atoms with Crippen molar-refractivity contribution in [3.63, 3.8) is 0 Å². The highest BCUT2D eigenvalue weighted by molar-refractivity contribution is 6.90. The monoisotopic (exact) mass is 230 g/mol. The van der Waals surface area contributed by atoms with Gasteiger partial charge in [-0.05, 0) is 36.1 Å². The molecule has 0 aliphatic carbocycles. The minimum absolute atomic E-state index is 0.288. The number of hydrogen-bond donors (Lipinski definition) is 0. The number of benzene rings is 1. The topological polar surface area (TPSA) is 6.48 Å². The van der Waals surface area contributed by atoms with Crippen molar-refractivity contribution in [3.05, 3.63) is 72.9 Å². The van der Waals surface area contributed by atoms with E-state index in [1.54, 1.807) is 0 Å². The van der Waals surface area contributed by atoms with Gasteiger partial charge in [-0.3, -0.25) is 0 Å². The van der Waals surface area contributed by atoms with E-state index in [1.165, 1.54) is 11.2 Å². The molecular weight excluding hydrogens is 218 g/mol. The Morgan fingerprint density at radius 2 is 1.67 bits per heavy atom. The zero-order chi connectivity index (χ0) is 11.9. The van der Waals surface area contributed by atoms with Gasteiger partial charge in [0.25, 0.3) is 0 Å². The lowest BCUT2D eigenvalue weighted by atomic mass is 9.43. The molecule has 3 aliphatic heterocycles. The SMILES string of the molecule is C1=CB2c3ccccc3N3C=CC=CB3N2C=C1. The summed E-state index contributed by atoms with van der Waals surface area (Å²) >= 11 is 0.